The summed E-state index contributed by atoms with van der Waals surface area (Å²) in [4.78, 5) is 25.7. The van der Waals surface area contributed by atoms with Crippen molar-refractivity contribution in [1.82, 2.24) is 4.90 Å². The summed E-state index contributed by atoms with van der Waals surface area (Å²) in [5.41, 5.74) is -1.09. The van der Waals surface area contributed by atoms with Crippen molar-refractivity contribution in [2.45, 2.75) is 53.1 Å². The fourth-order valence-corrected chi connectivity index (χ4v) is 2.49. The average molecular weight is 285 g/mol. The summed E-state index contributed by atoms with van der Waals surface area (Å²) in [6.07, 6.45) is 1.49. The van der Waals surface area contributed by atoms with E-state index in [0.29, 0.717) is 13.1 Å². The maximum absolute atomic E-state index is 12.1. The average Bonchev–Trinajstić information content (AvgIpc) is 2.35. The molecule has 1 saturated heterocycles. The van der Waals surface area contributed by atoms with Gasteiger partial charge in [0, 0.05) is 13.1 Å². The predicted molar refractivity (Wildman–Crippen MR) is 76.3 cm³/mol. The van der Waals surface area contributed by atoms with Gasteiger partial charge in [0.05, 0.1) is 12.5 Å². The topological polar surface area (TPSA) is 55.8 Å². The molecule has 0 aliphatic carbocycles. The Morgan fingerprint density at radius 3 is 2.25 bits per heavy atom. The molecular weight excluding hydrogens is 258 g/mol. The van der Waals surface area contributed by atoms with Gasteiger partial charge in [0.1, 0.15) is 5.60 Å². The zero-order valence-electron chi connectivity index (χ0n) is 13.5. The Hall–Kier alpha value is -1.26. The van der Waals surface area contributed by atoms with Crippen LogP contribution in [0.2, 0.25) is 0 Å². The van der Waals surface area contributed by atoms with Gasteiger partial charge in [-0.25, -0.2) is 4.79 Å². The molecule has 116 valence electrons. The van der Waals surface area contributed by atoms with E-state index in [-0.39, 0.29) is 18.0 Å². The molecule has 1 heterocycles. The van der Waals surface area contributed by atoms with Crippen molar-refractivity contribution in [3.8, 4) is 0 Å². The van der Waals surface area contributed by atoms with Crippen LogP contribution in [-0.2, 0) is 14.3 Å². The lowest BCUT2D eigenvalue weighted by molar-refractivity contribution is -0.155. The van der Waals surface area contributed by atoms with Crippen LogP contribution in [0.3, 0.4) is 0 Å². The molecule has 0 aromatic rings. The van der Waals surface area contributed by atoms with E-state index in [0.717, 1.165) is 12.8 Å². The molecule has 0 saturated carbocycles. The summed E-state index contributed by atoms with van der Waals surface area (Å²) in [6, 6.07) is 0. The van der Waals surface area contributed by atoms with E-state index in [2.05, 4.69) is 0 Å². The lowest BCUT2D eigenvalue weighted by Gasteiger charge is -2.40. The summed E-state index contributed by atoms with van der Waals surface area (Å²) in [5, 5.41) is 0. The van der Waals surface area contributed by atoms with Crippen molar-refractivity contribution in [3.63, 3.8) is 0 Å². The molecule has 0 N–H and O–H groups in total. The van der Waals surface area contributed by atoms with Gasteiger partial charge >= 0.3 is 12.1 Å². The number of hydrogen-bond donors (Lipinski definition) is 0. The monoisotopic (exact) mass is 285 g/mol. The van der Waals surface area contributed by atoms with Crippen LogP contribution in [0.15, 0.2) is 0 Å². The number of methoxy groups -OCH3 is 1. The first-order chi connectivity index (χ1) is 9.08. The van der Waals surface area contributed by atoms with Crippen molar-refractivity contribution < 1.29 is 19.1 Å². The number of hydrogen-bond acceptors (Lipinski definition) is 4. The Balaban J connectivity index is 2.72. The zero-order chi connectivity index (χ0) is 15.6. The Morgan fingerprint density at radius 1 is 1.15 bits per heavy atom. The molecule has 1 aliphatic heterocycles. The van der Waals surface area contributed by atoms with Crippen LogP contribution in [-0.4, -0.2) is 42.8 Å². The maximum atomic E-state index is 12.1. The third kappa shape index (κ3) is 4.12. The number of carbonyl (C=O) groups excluding carboxylic acids is 2. The smallest absolute Gasteiger partial charge is 0.410 e. The minimum absolute atomic E-state index is 0.0937. The molecule has 1 amide bonds. The second-order valence-electron chi connectivity index (χ2n) is 6.98. The molecule has 20 heavy (non-hydrogen) atoms. The number of carbonyl (C=O) groups is 2. The second kappa shape index (κ2) is 6.02. The molecule has 0 bridgehead atoms. The van der Waals surface area contributed by atoms with Crippen molar-refractivity contribution in [3.05, 3.63) is 0 Å². The molecule has 0 unspecified atom stereocenters. The minimum atomic E-state index is -0.588. The number of ether oxygens (including phenoxy) is 2. The van der Waals surface area contributed by atoms with Gasteiger partial charge in [0.15, 0.2) is 0 Å². The van der Waals surface area contributed by atoms with Gasteiger partial charge in [-0.15, -0.1) is 0 Å². The Bertz CT molecular complexity index is 371. The van der Waals surface area contributed by atoms with E-state index in [4.69, 9.17) is 9.47 Å². The van der Waals surface area contributed by atoms with E-state index in [9.17, 15) is 9.59 Å². The molecule has 1 atom stereocenters. The van der Waals surface area contributed by atoms with Gasteiger partial charge in [-0.3, -0.25) is 4.79 Å². The number of likely N-dealkylation sites (tertiary alicyclic amines) is 1. The molecule has 0 aromatic carbocycles. The summed E-state index contributed by atoms with van der Waals surface area (Å²) in [7, 11) is 1.40. The molecule has 5 heteroatoms. The Morgan fingerprint density at radius 2 is 1.75 bits per heavy atom. The van der Waals surface area contributed by atoms with Gasteiger partial charge < -0.3 is 14.4 Å². The summed E-state index contributed by atoms with van der Waals surface area (Å²) < 4.78 is 10.3. The maximum Gasteiger partial charge on any atom is 0.410 e. The van der Waals surface area contributed by atoms with Crippen LogP contribution >= 0.6 is 0 Å². The largest absolute Gasteiger partial charge is 0.469 e. The van der Waals surface area contributed by atoms with E-state index in [1.165, 1.54) is 7.11 Å². The number of esters is 1. The van der Waals surface area contributed by atoms with Crippen molar-refractivity contribution in [2.75, 3.05) is 20.2 Å². The Labute approximate surface area is 121 Å². The molecule has 1 rings (SSSR count). The molecule has 0 aromatic heterocycles. The van der Waals surface area contributed by atoms with E-state index >= 15 is 0 Å². The number of rotatable bonds is 2. The quantitative estimate of drug-likeness (QED) is 0.732. The number of piperidine rings is 1. The first-order valence-electron chi connectivity index (χ1n) is 7.14. The van der Waals surface area contributed by atoms with Gasteiger partial charge in [0.25, 0.3) is 0 Å². The highest BCUT2D eigenvalue weighted by molar-refractivity contribution is 5.76. The summed E-state index contributed by atoms with van der Waals surface area (Å²) >= 11 is 0. The predicted octanol–water partition coefficient (Wildman–Crippen LogP) is 2.83. The van der Waals surface area contributed by atoms with Crippen LogP contribution in [0.5, 0.6) is 0 Å². The zero-order valence-corrected chi connectivity index (χ0v) is 13.5. The van der Waals surface area contributed by atoms with Gasteiger partial charge in [-0.1, -0.05) is 0 Å². The summed E-state index contributed by atoms with van der Waals surface area (Å²) in [6.45, 7) is 10.5. The third-order valence-corrected chi connectivity index (χ3v) is 3.81. The standard InChI is InChI=1S/C15H27NO4/c1-14(2,3)20-13(18)16-9-7-8-11(10-16)15(4,5)12(17)19-6/h11H,7-10H2,1-6H3/t11-/m1/s1. The molecule has 5 nitrogen and oxygen atoms in total. The third-order valence-electron chi connectivity index (χ3n) is 3.81. The number of amides is 1. The highest BCUT2D eigenvalue weighted by atomic mass is 16.6. The fraction of sp³-hybridized carbons (Fsp3) is 0.867. The van der Waals surface area contributed by atoms with Crippen molar-refractivity contribution in [1.29, 1.82) is 0 Å². The van der Waals surface area contributed by atoms with Crippen LogP contribution in [0, 0.1) is 11.3 Å². The normalized spacial score (nSPS) is 20.5. The molecule has 1 aliphatic rings. The van der Waals surface area contributed by atoms with E-state index < -0.39 is 11.0 Å². The number of nitrogens with zero attached hydrogens (tertiary/aromatic N) is 1. The van der Waals surface area contributed by atoms with Crippen LogP contribution < -0.4 is 0 Å². The van der Waals surface area contributed by atoms with Crippen molar-refractivity contribution in [2.24, 2.45) is 11.3 Å². The van der Waals surface area contributed by atoms with Crippen molar-refractivity contribution >= 4 is 12.1 Å². The van der Waals surface area contributed by atoms with Gasteiger partial charge in [-0.05, 0) is 53.4 Å². The molecule has 0 spiro atoms. The Kier molecular flexibility index (Phi) is 5.05. The first-order valence-corrected chi connectivity index (χ1v) is 7.14. The molecule has 0 radical (unpaired) electrons. The second-order valence-corrected chi connectivity index (χ2v) is 6.98. The lowest BCUT2D eigenvalue weighted by atomic mass is 9.74. The van der Waals surface area contributed by atoms with Crippen LogP contribution in [0.1, 0.15) is 47.5 Å². The molecule has 1 fully saturated rings. The highest BCUT2D eigenvalue weighted by Crippen LogP contribution is 2.35. The van der Waals surface area contributed by atoms with Gasteiger partial charge in [0.2, 0.25) is 0 Å². The van der Waals surface area contributed by atoms with Crippen LogP contribution in [0.25, 0.3) is 0 Å². The first kappa shape index (κ1) is 16.8. The minimum Gasteiger partial charge on any atom is -0.469 e. The van der Waals surface area contributed by atoms with Gasteiger partial charge in [-0.2, -0.15) is 0 Å². The summed E-state index contributed by atoms with van der Waals surface area (Å²) in [5.74, 6) is -0.134. The highest BCUT2D eigenvalue weighted by Gasteiger charge is 2.41. The fourth-order valence-electron chi connectivity index (χ4n) is 2.49. The lowest BCUT2D eigenvalue weighted by Crippen LogP contribution is -2.48. The van der Waals surface area contributed by atoms with E-state index in [1.54, 1.807) is 4.90 Å². The van der Waals surface area contributed by atoms with Crippen LogP contribution in [0.4, 0.5) is 4.79 Å². The SMILES string of the molecule is COC(=O)C(C)(C)[C@@H]1CCCN(C(=O)OC(C)(C)C)C1. The molecular formula is C15H27NO4. The van der Waals surface area contributed by atoms with E-state index in [1.807, 2.05) is 34.6 Å².